The fourth-order valence-corrected chi connectivity index (χ4v) is 6.33. The van der Waals surface area contributed by atoms with Gasteiger partial charge in [-0.3, -0.25) is 9.69 Å². The minimum Gasteiger partial charge on any atom is -0.462 e. The second kappa shape index (κ2) is 32.8. The number of unbranched alkanes of at least 4 members (excludes halogenated alkanes) is 14. The number of esters is 1. The number of rotatable bonds is 35. The summed E-state index contributed by atoms with van der Waals surface area (Å²) >= 11 is 0. The number of nitrogens with zero attached hydrogens (tertiary/aromatic N) is 3. The molecule has 0 saturated carbocycles. The van der Waals surface area contributed by atoms with Crippen LogP contribution in [-0.2, 0) is 9.53 Å². The fourth-order valence-electron chi connectivity index (χ4n) is 6.33. The number of hydrogen-bond donors (Lipinski definition) is 2. The van der Waals surface area contributed by atoms with Gasteiger partial charge >= 0.3 is 5.97 Å². The van der Waals surface area contributed by atoms with E-state index in [9.17, 15) is 15.0 Å². The molecule has 0 saturated heterocycles. The van der Waals surface area contributed by atoms with Crippen molar-refractivity contribution in [2.75, 3.05) is 60.4 Å². The van der Waals surface area contributed by atoms with E-state index in [1.54, 1.807) is 0 Å². The van der Waals surface area contributed by atoms with E-state index in [0.29, 0.717) is 32.5 Å². The molecule has 0 bridgehead atoms. The number of aliphatic hydroxyl groups excluding tert-OH is 2. The van der Waals surface area contributed by atoms with E-state index in [2.05, 4.69) is 56.6 Å². The lowest BCUT2D eigenvalue weighted by molar-refractivity contribution is -0.150. The standard InChI is InChI=1S/C39H81N3O4/c1-7-10-13-16-18-20-27-38(28-21-19-17-14-11-8-2)46-39(45)29-23-22-26-36(43)34-42(32-24-15-12-9-3)35-37(44)33-41(6)31-25-30-40(4)5/h36-38,43-44H,7-35H2,1-6H3. The van der Waals surface area contributed by atoms with Crippen molar-refractivity contribution in [3.05, 3.63) is 0 Å². The minimum absolute atomic E-state index is 0.0631. The van der Waals surface area contributed by atoms with Crippen LogP contribution in [-0.4, -0.2) is 110 Å². The van der Waals surface area contributed by atoms with Crippen LogP contribution in [0.5, 0.6) is 0 Å². The van der Waals surface area contributed by atoms with E-state index in [-0.39, 0.29) is 12.1 Å². The van der Waals surface area contributed by atoms with Crippen LogP contribution in [0, 0.1) is 0 Å². The Morgan fingerprint density at radius 3 is 1.61 bits per heavy atom. The van der Waals surface area contributed by atoms with E-state index in [4.69, 9.17) is 4.74 Å². The smallest absolute Gasteiger partial charge is 0.306 e. The molecule has 7 heteroatoms. The summed E-state index contributed by atoms with van der Waals surface area (Å²) < 4.78 is 6.01. The van der Waals surface area contributed by atoms with Crippen molar-refractivity contribution in [3.63, 3.8) is 0 Å². The number of hydrogen-bond acceptors (Lipinski definition) is 7. The Hall–Kier alpha value is -0.730. The summed E-state index contributed by atoms with van der Waals surface area (Å²) in [5.41, 5.74) is 0. The Morgan fingerprint density at radius 1 is 0.543 bits per heavy atom. The van der Waals surface area contributed by atoms with E-state index >= 15 is 0 Å². The van der Waals surface area contributed by atoms with Gasteiger partial charge in [0.2, 0.25) is 0 Å². The zero-order chi connectivity index (χ0) is 34.3. The van der Waals surface area contributed by atoms with Gasteiger partial charge in [-0.05, 0) is 92.1 Å². The van der Waals surface area contributed by atoms with Gasteiger partial charge in [-0.2, -0.15) is 0 Å². The highest BCUT2D eigenvalue weighted by molar-refractivity contribution is 5.69. The van der Waals surface area contributed by atoms with Gasteiger partial charge in [0.1, 0.15) is 6.10 Å². The first-order valence-corrected chi connectivity index (χ1v) is 19.8. The van der Waals surface area contributed by atoms with Gasteiger partial charge in [0.05, 0.1) is 12.2 Å². The molecule has 0 aliphatic rings. The van der Waals surface area contributed by atoms with Crippen molar-refractivity contribution >= 4 is 5.97 Å². The molecule has 0 rings (SSSR count). The summed E-state index contributed by atoms with van der Waals surface area (Å²) in [6.45, 7) is 11.5. The highest BCUT2D eigenvalue weighted by atomic mass is 16.5. The summed E-state index contributed by atoms with van der Waals surface area (Å²) in [5, 5.41) is 21.7. The molecule has 2 N–H and O–H groups in total. The van der Waals surface area contributed by atoms with E-state index in [1.165, 1.54) is 83.5 Å². The van der Waals surface area contributed by atoms with Crippen molar-refractivity contribution in [2.24, 2.45) is 0 Å². The van der Waals surface area contributed by atoms with Gasteiger partial charge in [0.15, 0.2) is 0 Å². The Bertz CT molecular complexity index is 635. The second-order valence-corrected chi connectivity index (χ2v) is 14.5. The number of likely N-dealkylation sites (N-methyl/N-ethyl adjacent to an activating group) is 1. The van der Waals surface area contributed by atoms with Gasteiger partial charge < -0.3 is 24.7 Å². The summed E-state index contributed by atoms with van der Waals surface area (Å²) in [6, 6.07) is 0. The molecule has 0 aliphatic heterocycles. The lowest BCUT2D eigenvalue weighted by Gasteiger charge is -2.29. The molecule has 46 heavy (non-hydrogen) atoms. The monoisotopic (exact) mass is 656 g/mol. The molecule has 7 nitrogen and oxygen atoms in total. The van der Waals surface area contributed by atoms with Crippen LogP contribution in [0.4, 0.5) is 0 Å². The molecular weight excluding hydrogens is 574 g/mol. The van der Waals surface area contributed by atoms with Crippen LogP contribution < -0.4 is 0 Å². The Kier molecular flexibility index (Phi) is 32.3. The summed E-state index contributed by atoms with van der Waals surface area (Å²) in [7, 11) is 6.26. The molecular formula is C39H81N3O4. The molecule has 0 spiro atoms. The lowest BCUT2D eigenvalue weighted by atomic mass is 10.0. The summed E-state index contributed by atoms with van der Waals surface area (Å²) in [5.74, 6) is -0.0631. The Labute approximate surface area is 287 Å². The van der Waals surface area contributed by atoms with Crippen molar-refractivity contribution < 1.29 is 19.7 Å². The SMILES string of the molecule is CCCCCCCCC(CCCCCCCC)OC(=O)CCCCC(O)CN(CCCCCC)CC(O)CN(C)CCCN(C)C. The number of aliphatic hydroxyl groups is 2. The third kappa shape index (κ3) is 30.6. The molecule has 276 valence electrons. The van der Waals surface area contributed by atoms with Crippen molar-refractivity contribution in [1.82, 2.24) is 14.7 Å². The maximum Gasteiger partial charge on any atom is 0.306 e. The zero-order valence-electron chi connectivity index (χ0n) is 31.8. The van der Waals surface area contributed by atoms with Gasteiger partial charge in [-0.15, -0.1) is 0 Å². The van der Waals surface area contributed by atoms with Crippen molar-refractivity contribution in [3.8, 4) is 0 Å². The first kappa shape index (κ1) is 45.3. The molecule has 0 aromatic carbocycles. The highest BCUT2D eigenvalue weighted by Gasteiger charge is 2.18. The van der Waals surface area contributed by atoms with Crippen LogP contribution in [0.1, 0.15) is 168 Å². The topological polar surface area (TPSA) is 76.5 Å². The third-order valence-corrected chi connectivity index (χ3v) is 9.16. The van der Waals surface area contributed by atoms with Crippen LogP contribution in [0.3, 0.4) is 0 Å². The number of ether oxygens (including phenoxy) is 1. The molecule has 0 amide bonds. The average molecular weight is 656 g/mol. The summed E-state index contributed by atoms with van der Waals surface area (Å²) in [4.78, 5) is 19.4. The van der Waals surface area contributed by atoms with E-state index in [1.807, 2.05) is 0 Å². The van der Waals surface area contributed by atoms with E-state index in [0.717, 1.165) is 71.0 Å². The Morgan fingerprint density at radius 2 is 1.04 bits per heavy atom. The number of carbonyl (C=O) groups is 1. The minimum atomic E-state index is -0.444. The van der Waals surface area contributed by atoms with Crippen molar-refractivity contribution in [1.29, 1.82) is 0 Å². The van der Waals surface area contributed by atoms with Crippen LogP contribution in [0.2, 0.25) is 0 Å². The predicted octanol–water partition coefficient (Wildman–Crippen LogP) is 8.45. The van der Waals surface area contributed by atoms with E-state index < -0.39 is 12.2 Å². The highest BCUT2D eigenvalue weighted by Crippen LogP contribution is 2.18. The van der Waals surface area contributed by atoms with Gasteiger partial charge in [-0.1, -0.05) is 111 Å². The normalized spacial score (nSPS) is 13.4. The zero-order valence-corrected chi connectivity index (χ0v) is 31.8. The average Bonchev–Trinajstić information content (AvgIpc) is 3.00. The molecule has 0 heterocycles. The third-order valence-electron chi connectivity index (χ3n) is 9.16. The van der Waals surface area contributed by atoms with Gasteiger partial charge in [-0.25, -0.2) is 0 Å². The summed E-state index contributed by atoms with van der Waals surface area (Å²) in [6.07, 6.45) is 24.8. The molecule has 0 radical (unpaired) electrons. The second-order valence-electron chi connectivity index (χ2n) is 14.5. The molecule has 0 aromatic heterocycles. The van der Waals surface area contributed by atoms with Crippen molar-refractivity contribution in [2.45, 2.75) is 187 Å². The number of carbonyl (C=O) groups excluding carboxylic acids is 1. The first-order valence-electron chi connectivity index (χ1n) is 19.8. The van der Waals surface area contributed by atoms with Crippen LogP contribution in [0.25, 0.3) is 0 Å². The molecule has 0 fully saturated rings. The first-order chi connectivity index (χ1) is 22.2. The van der Waals surface area contributed by atoms with Crippen LogP contribution in [0.15, 0.2) is 0 Å². The van der Waals surface area contributed by atoms with Gasteiger partial charge in [0.25, 0.3) is 0 Å². The predicted molar refractivity (Wildman–Crippen MR) is 198 cm³/mol. The molecule has 2 unspecified atom stereocenters. The maximum absolute atomic E-state index is 12.8. The Balaban J connectivity index is 4.60. The largest absolute Gasteiger partial charge is 0.462 e. The van der Waals surface area contributed by atoms with Gasteiger partial charge in [0, 0.05) is 26.1 Å². The van der Waals surface area contributed by atoms with Crippen LogP contribution >= 0.6 is 0 Å². The molecule has 0 aliphatic carbocycles. The fraction of sp³-hybridized carbons (Fsp3) is 0.974. The molecule has 0 aromatic rings. The quantitative estimate of drug-likeness (QED) is 0.0524. The lowest BCUT2D eigenvalue weighted by Crippen LogP contribution is -2.42. The maximum atomic E-state index is 12.8. The molecule has 2 atom stereocenters.